The van der Waals surface area contributed by atoms with E-state index in [1.54, 1.807) is 0 Å². The second-order valence-electron chi connectivity index (χ2n) is 4.32. The van der Waals surface area contributed by atoms with Crippen molar-refractivity contribution < 1.29 is 4.79 Å². The third-order valence-electron chi connectivity index (χ3n) is 2.91. The van der Waals surface area contributed by atoms with E-state index in [9.17, 15) is 4.79 Å². The molecule has 1 aromatic rings. The molecule has 0 saturated carbocycles. The smallest absolute Gasteiger partial charge is 0.227 e. The number of nitrogens with zero attached hydrogens (tertiary/aromatic N) is 1. The summed E-state index contributed by atoms with van der Waals surface area (Å²) < 4.78 is 0. The summed E-state index contributed by atoms with van der Waals surface area (Å²) in [6, 6.07) is 1.94. The van der Waals surface area contributed by atoms with E-state index in [4.69, 9.17) is 16.9 Å². The van der Waals surface area contributed by atoms with E-state index >= 15 is 0 Å². The van der Waals surface area contributed by atoms with Gasteiger partial charge in [-0.1, -0.05) is 11.8 Å². The van der Waals surface area contributed by atoms with Gasteiger partial charge in [-0.25, -0.2) is 4.98 Å². The maximum absolute atomic E-state index is 10.8. The number of hydrogen-bond acceptors (Lipinski definition) is 4. The Balaban J connectivity index is 2.35. The highest BCUT2D eigenvalue weighted by Gasteiger charge is 2.17. The summed E-state index contributed by atoms with van der Waals surface area (Å²) in [5, 5.41) is 8.23. The van der Waals surface area contributed by atoms with E-state index in [2.05, 4.69) is 4.98 Å². The third kappa shape index (κ3) is 2.81. The Hall–Kier alpha value is -1.56. The van der Waals surface area contributed by atoms with Crippen LogP contribution in [-0.4, -0.2) is 22.5 Å². The van der Waals surface area contributed by atoms with Crippen molar-refractivity contribution >= 4 is 23.5 Å². The SMILES string of the molecule is N=C(N)c1cc2c(nc1SCC(N)=O)CCCC2. The van der Waals surface area contributed by atoms with Crippen LogP contribution in [0.4, 0.5) is 0 Å². The van der Waals surface area contributed by atoms with Gasteiger partial charge in [-0.2, -0.15) is 0 Å². The van der Waals surface area contributed by atoms with Crippen molar-refractivity contribution in [1.29, 1.82) is 5.41 Å². The highest BCUT2D eigenvalue weighted by molar-refractivity contribution is 8.00. The molecule has 96 valence electrons. The minimum absolute atomic E-state index is 0.0113. The van der Waals surface area contributed by atoms with Gasteiger partial charge in [0.1, 0.15) is 10.9 Å². The van der Waals surface area contributed by atoms with Crippen molar-refractivity contribution in [3.8, 4) is 0 Å². The first-order valence-corrected chi connectivity index (χ1v) is 6.85. The van der Waals surface area contributed by atoms with Crippen molar-refractivity contribution in [2.75, 3.05) is 5.75 Å². The normalized spacial score (nSPS) is 14.0. The topological polar surface area (TPSA) is 106 Å². The van der Waals surface area contributed by atoms with Crippen molar-refractivity contribution in [3.05, 3.63) is 22.9 Å². The van der Waals surface area contributed by atoms with Crippen LogP contribution in [0, 0.1) is 5.41 Å². The molecule has 5 N–H and O–H groups in total. The zero-order valence-electron chi connectivity index (χ0n) is 10.0. The fourth-order valence-corrected chi connectivity index (χ4v) is 2.84. The molecule has 0 atom stereocenters. The molecule has 1 heterocycles. The Morgan fingerprint density at radius 2 is 2.11 bits per heavy atom. The number of nitrogens with two attached hydrogens (primary N) is 2. The highest BCUT2D eigenvalue weighted by Crippen LogP contribution is 2.27. The number of nitrogens with one attached hydrogen (secondary N) is 1. The Kier molecular flexibility index (Phi) is 3.86. The molecular formula is C12H16N4OS. The summed E-state index contributed by atoms with van der Waals surface area (Å²) in [5.74, 6) is -0.247. The molecule has 1 amide bonds. The zero-order valence-corrected chi connectivity index (χ0v) is 10.8. The lowest BCUT2D eigenvalue weighted by Crippen LogP contribution is -2.18. The fourth-order valence-electron chi connectivity index (χ4n) is 2.06. The number of nitrogen functional groups attached to an aromatic ring is 1. The first-order valence-electron chi connectivity index (χ1n) is 5.86. The van der Waals surface area contributed by atoms with Gasteiger partial charge in [-0.15, -0.1) is 0 Å². The number of pyridine rings is 1. The molecule has 2 rings (SSSR count). The summed E-state index contributed by atoms with van der Waals surface area (Å²) in [7, 11) is 0. The molecule has 0 saturated heterocycles. The summed E-state index contributed by atoms with van der Waals surface area (Å²) in [6.07, 6.45) is 4.24. The van der Waals surface area contributed by atoms with Gasteiger partial charge < -0.3 is 11.5 Å². The lowest BCUT2D eigenvalue weighted by atomic mass is 9.95. The number of amidine groups is 1. The molecule has 0 aliphatic heterocycles. The molecule has 0 bridgehead atoms. The molecule has 6 heteroatoms. The van der Waals surface area contributed by atoms with Gasteiger partial charge in [-0.05, 0) is 37.3 Å². The summed E-state index contributed by atoms with van der Waals surface area (Å²) >= 11 is 1.25. The second-order valence-corrected chi connectivity index (χ2v) is 5.29. The van der Waals surface area contributed by atoms with Gasteiger partial charge in [-0.3, -0.25) is 10.2 Å². The standard InChI is InChI=1S/C12H16N4OS/c13-10(17)6-18-12-8(11(14)15)5-7-3-1-2-4-9(7)16-12/h5H,1-4,6H2,(H2,13,17)(H3,14,15). The molecule has 18 heavy (non-hydrogen) atoms. The maximum atomic E-state index is 10.8. The molecule has 0 spiro atoms. The molecule has 0 fully saturated rings. The number of thioether (sulfide) groups is 1. The number of hydrogen-bond donors (Lipinski definition) is 3. The van der Waals surface area contributed by atoms with Crippen LogP contribution in [0.5, 0.6) is 0 Å². The molecule has 0 aromatic carbocycles. The van der Waals surface area contributed by atoms with Gasteiger partial charge in [0.2, 0.25) is 5.91 Å². The van der Waals surface area contributed by atoms with Crippen molar-refractivity contribution in [2.45, 2.75) is 30.7 Å². The molecule has 1 aliphatic carbocycles. The number of amides is 1. The van der Waals surface area contributed by atoms with Gasteiger partial charge in [0, 0.05) is 11.3 Å². The van der Waals surface area contributed by atoms with Crippen molar-refractivity contribution in [1.82, 2.24) is 4.98 Å². The minimum atomic E-state index is -0.394. The van der Waals surface area contributed by atoms with Gasteiger partial charge >= 0.3 is 0 Å². The zero-order chi connectivity index (χ0) is 13.1. The van der Waals surface area contributed by atoms with Gasteiger partial charge in [0.15, 0.2) is 0 Å². The highest BCUT2D eigenvalue weighted by atomic mass is 32.2. The van der Waals surface area contributed by atoms with Crippen molar-refractivity contribution in [3.63, 3.8) is 0 Å². The first-order chi connectivity index (χ1) is 8.58. The number of primary amides is 1. The average molecular weight is 264 g/mol. The van der Waals surface area contributed by atoms with Crippen LogP contribution < -0.4 is 11.5 Å². The summed E-state index contributed by atoms with van der Waals surface area (Å²) in [4.78, 5) is 15.4. The van der Waals surface area contributed by atoms with Gasteiger partial charge in [0.25, 0.3) is 0 Å². The molecular weight excluding hydrogens is 248 g/mol. The minimum Gasteiger partial charge on any atom is -0.384 e. The molecule has 1 aromatic heterocycles. The fraction of sp³-hybridized carbons (Fsp3) is 0.417. The van der Waals surface area contributed by atoms with Crippen LogP contribution in [0.3, 0.4) is 0 Å². The van der Waals surface area contributed by atoms with E-state index in [0.717, 1.165) is 31.4 Å². The lowest BCUT2D eigenvalue weighted by Gasteiger charge is -2.17. The molecule has 5 nitrogen and oxygen atoms in total. The van der Waals surface area contributed by atoms with E-state index in [1.807, 2.05) is 6.07 Å². The van der Waals surface area contributed by atoms with Crippen LogP contribution in [0.25, 0.3) is 0 Å². The van der Waals surface area contributed by atoms with Gasteiger partial charge in [0.05, 0.1) is 5.75 Å². The number of aromatic nitrogens is 1. The largest absolute Gasteiger partial charge is 0.384 e. The number of carbonyl (C=O) groups excluding carboxylic acids is 1. The second kappa shape index (κ2) is 5.39. The average Bonchev–Trinajstić information content (AvgIpc) is 2.35. The number of aryl methyl sites for hydroxylation is 2. The van der Waals surface area contributed by atoms with Crippen LogP contribution in [0.15, 0.2) is 11.1 Å². The number of rotatable bonds is 4. The summed E-state index contributed by atoms with van der Waals surface area (Å²) in [6.45, 7) is 0. The first kappa shape index (κ1) is 12.9. The monoisotopic (exact) mass is 264 g/mol. The lowest BCUT2D eigenvalue weighted by molar-refractivity contribution is -0.115. The Morgan fingerprint density at radius 1 is 1.39 bits per heavy atom. The van der Waals surface area contributed by atoms with Crippen LogP contribution in [0.2, 0.25) is 0 Å². The van der Waals surface area contributed by atoms with Crippen LogP contribution >= 0.6 is 11.8 Å². The van der Waals surface area contributed by atoms with Crippen LogP contribution in [-0.2, 0) is 17.6 Å². The maximum Gasteiger partial charge on any atom is 0.227 e. The van der Waals surface area contributed by atoms with Crippen molar-refractivity contribution in [2.24, 2.45) is 11.5 Å². The predicted octanol–water partition coefficient (Wildman–Crippen LogP) is 0.822. The Morgan fingerprint density at radius 3 is 2.78 bits per heavy atom. The number of carbonyl (C=O) groups is 1. The van der Waals surface area contributed by atoms with E-state index in [1.165, 1.54) is 17.3 Å². The Labute approximate surface area is 110 Å². The Bertz CT molecular complexity index is 501. The predicted molar refractivity (Wildman–Crippen MR) is 71.8 cm³/mol. The van der Waals surface area contributed by atoms with E-state index < -0.39 is 5.91 Å². The molecule has 1 aliphatic rings. The van der Waals surface area contributed by atoms with E-state index in [0.29, 0.717) is 10.6 Å². The quantitative estimate of drug-likeness (QED) is 0.425. The molecule has 0 radical (unpaired) electrons. The summed E-state index contributed by atoms with van der Waals surface area (Å²) in [5.41, 5.74) is 13.6. The third-order valence-corrected chi connectivity index (χ3v) is 3.92. The van der Waals surface area contributed by atoms with E-state index in [-0.39, 0.29) is 11.6 Å². The van der Waals surface area contributed by atoms with Crippen LogP contribution in [0.1, 0.15) is 29.7 Å². The number of fused-ring (bicyclic) bond motifs is 1. The molecule has 0 unspecified atom stereocenters.